The first-order chi connectivity index (χ1) is 21.8. The smallest absolute Gasteiger partial charge is 0.350 e. The highest BCUT2D eigenvalue weighted by molar-refractivity contribution is 7.51. The summed E-state index contributed by atoms with van der Waals surface area (Å²) in [7, 11) is -4.26. The van der Waals surface area contributed by atoms with E-state index >= 15 is 0 Å². The lowest BCUT2D eigenvalue weighted by Crippen LogP contribution is -2.14. The van der Waals surface area contributed by atoms with Crippen LogP contribution in [0.1, 0.15) is 133 Å². The molecular formula is C34H56N5O5P. The number of hydrogen-bond donors (Lipinski definition) is 3. The van der Waals surface area contributed by atoms with Crippen molar-refractivity contribution < 1.29 is 23.8 Å². The van der Waals surface area contributed by atoms with E-state index in [-0.39, 0.29) is 18.5 Å². The number of imidazole rings is 1. The lowest BCUT2D eigenvalue weighted by Gasteiger charge is -2.16. The summed E-state index contributed by atoms with van der Waals surface area (Å²) in [5.74, 6) is 1.54. The van der Waals surface area contributed by atoms with E-state index in [4.69, 9.17) is 25.2 Å². The van der Waals surface area contributed by atoms with Crippen molar-refractivity contribution in [3.63, 3.8) is 0 Å². The van der Waals surface area contributed by atoms with E-state index in [1.165, 1.54) is 77.0 Å². The predicted octanol–water partition coefficient (Wildman–Crippen LogP) is 8.10. The molecule has 0 amide bonds. The minimum Gasteiger partial charge on any atom is -0.382 e. The molecule has 1 unspecified atom stereocenters. The first-order valence-corrected chi connectivity index (χ1v) is 18.9. The summed E-state index contributed by atoms with van der Waals surface area (Å²) in [5, 5.41) is 0. The molecule has 0 bridgehead atoms. The topological polar surface area (TPSA) is 146 Å². The number of aromatic nitrogens is 4. The van der Waals surface area contributed by atoms with Gasteiger partial charge < -0.3 is 29.6 Å². The molecule has 10 nitrogen and oxygen atoms in total. The van der Waals surface area contributed by atoms with Gasteiger partial charge in [0.15, 0.2) is 22.8 Å². The molecule has 4 N–H and O–H groups in total. The van der Waals surface area contributed by atoms with Crippen LogP contribution in [0.5, 0.6) is 0 Å². The maximum atomic E-state index is 11.3. The van der Waals surface area contributed by atoms with Gasteiger partial charge in [0.2, 0.25) is 0 Å². The molecule has 0 aliphatic rings. The molecule has 3 rings (SSSR count). The fourth-order valence-corrected chi connectivity index (χ4v) is 5.98. The number of fused-ring (bicyclic) bond motifs is 1. The summed E-state index contributed by atoms with van der Waals surface area (Å²) >= 11 is 0. The second kappa shape index (κ2) is 20.7. The Kier molecular flexibility index (Phi) is 17.1. The van der Waals surface area contributed by atoms with Crippen LogP contribution >= 0.6 is 7.60 Å². The maximum Gasteiger partial charge on any atom is 0.350 e. The molecule has 0 saturated carbocycles. The third-order valence-electron chi connectivity index (χ3n) is 8.12. The Hall–Kier alpha value is -2.36. The average Bonchev–Trinajstić information content (AvgIpc) is 3.36. The van der Waals surface area contributed by atoms with Gasteiger partial charge in [-0.15, -0.1) is 0 Å². The first-order valence-electron chi connectivity index (χ1n) is 17.1. The molecule has 0 fully saturated rings. The summed E-state index contributed by atoms with van der Waals surface area (Å²) < 4.78 is 24.7. The van der Waals surface area contributed by atoms with Gasteiger partial charge in [0.1, 0.15) is 18.3 Å². The van der Waals surface area contributed by atoms with Gasteiger partial charge in [0.05, 0.1) is 6.61 Å². The van der Waals surface area contributed by atoms with Crippen LogP contribution in [0.4, 0.5) is 5.82 Å². The van der Waals surface area contributed by atoms with E-state index in [0.717, 1.165) is 24.2 Å². The van der Waals surface area contributed by atoms with Crippen LogP contribution in [0.25, 0.3) is 11.2 Å². The summed E-state index contributed by atoms with van der Waals surface area (Å²) in [5.41, 5.74) is 8.55. The SMILES string of the molecule is CCCCCCCCCCCCCCCCOC(CC)c1nc(N)c2nc(Cc3ccccc3)n(CCOCP(=O)(O)O)c2n1. The lowest BCUT2D eigenvalue weighted by atomic mass is 10.0. The van der Waals surface area contributed by atoms with Gasteiger partial charge in [-0.05, 0) is 18.4 Å². The second-order valence-electron chi connectivity index (χ2n) is 12.0. The minimum absolute atomic E-state index is 0.0877. The van der Waals surface area contributed by atoms with Crippen molar-refractivity contribution >= 4 is 24.6 Å². The highest BCUT2D eigenvalue weighted by Gasteiger charge is 2.21. The lowest BCUT2D eigenvalue weighted by molar-refractivity contribution is 0.0416. The first kappa shape index (κ1) is 37.1. The molecule has 0 aliphatic heterocycles. The standard InChI is InChI=1S/C34H56N5O5P/c1-3-5-6-7-8-9-10-11-12-13-14-15-16-20-24-44-29(4-2)33-37-32(35)31-34(38-33)39(23-25-43-27-45(40,41)42)30(36-31)26-28-21-18-17-19-22-28/h17-19,21-22,29H,3-16,20,23-27H2,1-2H3,(H2,35,37,38)(H2,40,41,42). The maximum absolute atomic E-state index is 11.3. The van der Waals surface area contributed by atoms with E-state index in [2.05, 4.69) is 11.9 Å². The Labute approximate surface area is 269 Å². The molecule has 0 saturated heterocycles. The second-order valence-corrected chi connectivity index (χ2v) is 13.6. The number of nitrogens with two attached hydrogens (primary N) is 1. The quantitative estimate of drug-likeness (QED) is 0.0614. The van der Waals surface area contributed by atoms with E-state index in [0.29, 0.717) is 43.0 Å². The molecule has 3 aromatic rings. The van der Waals surface area contributed by atoms with Crippen LogP contribution in [0.3, 0.4) is 0 Å². The Bertz CT molecular complexity index is 1280. The normalized spacial score (nSPS) is 12.7. The van der Waals surface area contributed by atoms with Crippen molar-refractivity contribution in [3.05, 3.63) is 47.5 Å². The van der Waals surface area contributed by atoms with Gasteiger partial charge in [-0.2, -0.15) is 0 Å². The van der Waals surface area contributed by atoms with Crippen molar-refractivity contribution in [2.75, 3.05) is 25.3 Å². The third kappa shape index (κ3) is 13.9. The minimum atomic E-state index is -4.26. The van der Waals surface area contributed by atoms with E-state index in [1.807, 2.05) is 41.8 Å². The number of nitrogens with zero attached hydrogens (tertiary/aromatic N) is 4. The zero-order valence-corrected chi connectivity index (χ0v) is 28.4. The van der Waals surface area contributed by atoms with Crippen molar-refractivity contribution in [2.45, 2.75) is 129 Å². The predicted molar refractivity (Wildman–Crippen MR) is 181 cm³/mol. The van der Waals surface area contributed by atoms with Gasteiger partial charge in [-0.3, -0.25) is 4.57 Å². The molecule has 2 heterocycles. The van der Waals surface area contributed by atoms with Gasteiger partial charge >= 0.3 is 7.60 Å². The Morgan fingerprint density at radius 2 is 1.42 bits per heavy atom. The number of nitrogen functional groups attached to an aromatic ring is 1. The highest BCUT2D eigenvalue weighted by Crippen LogP contribution is 2.34. The molecule has 2 aromatic heterocycles. The number of anilines is 1. The summed E-state index contributed by atoms with van der Waals surface area (Å²) in [6, 6.07) is 9.94. The van der Waals surface area contributed by atoms with Crippen LogP contribution in [0, 0.1) is 0 Å². The van der Waals surface area contributed by atoms with Gasteiger partial charge in [0, 0.05) is 19.6 Å². The number of hydrogen-bond acceptors (Lipinski definition) is 7. The third-order valence-corrected chi connectivity index (χ3v) is 8.64. The molecule has 45 heavy (non-hydrogen) atoms. The largest absolute Gasteiger partial charge is 0.382 e. The molecule has 0 aliphatic carbocycles. The van der Waals surface area contributed by atoms with Crippen molar-refractivity contribution in [1.82, 2.24) is 19.5 Å². The molecule has 0 radical (unpaired) electrons. The molecule has 1 atom stereocenters. The monoisotopic (exact) mass is 645 g/mol. The molecular weight excluding hydrogens is 589 g/mol. The van der Waals surface area contributed by atoms with Gasteiger partial charge in [0.25, 0.3) is 0 Å². The number of rotatable bonds is 25. The van der Waals surface area contributed by atoms with Crippen molar-refractivity contribution in [3.8, 4) is 0 Å². The molecule has 252 valence electrons. The summed E-state index contributed by atoms with van der Waals surface area (Å²) in [6.45, 7) is 5.36. The number of ether oxygens (including phenoxy) is 2. The van der Waals surface area contributed by atoms with Crippen LogP contribution in [0.2, 0.25) is 0 Å². The van der Waals surface area contributed by atoms with Crippen molar-refractivity contribution in [2.24, 2.45) is 0 Å². The van der Waals surface area contributed by atoms with Crippen molar-refractivity contribution in [1.29, 1.82) is 0 Å². The fraction of sp³-hybridized carbons (Fsp3) is 0.676. The number of unbranched alkanes of at least 4 members (excludes halogenated alkanes) is 13. The zero-order valence-electron chi connectivity index (χ0n) is 27.5. The summed E-state index contributed by atoms with van der Waals surface area (Å²) in [6.07, 6.45) is 18.7. The van der Waals surface area contributed by atoms with Gasteiger partial charge in [-0.25, -0.2) is 15.0 Å². The molecule has 11 heteroatoms. The van der Waals surface area contributed by atoms with E-state index < -0.39 is 13.9 Å². The van der Waals surface area contributed by atoms with Crippen LogP contribution in [-0.4, -0.2) is 48.9 Å². The highest BCUT2D eigenvalue weighted by atomic mass is 31.2. The molecule has 1 aromatic carbocycles. The Balaban J connectivity index is 1.51. The zero-order chi connectivity index (χ0) is 32.3. The number of benzene rings is 1. The Morgan fingerprint density at radius 1 is 0.822 bits per heavy atom. The summed E-state index contributed by atoms with van der Waals surface area (Å²) in [4.78, 5) is 32.6. The van der Waals surface area contributed by atoms with E-state index in [1.54, 1.807) is 0 Å². The Morgan fingerprint density at radius 3 is 2.00 bits per heavy atom. The van der Waals surface area contributed by atoms with Crippen LogP contribution < -0.4 is 5.73 Å². The van der Waals surface area contributed by atoms with Crippen LogP contribution in [-0.2, 0) is 27.0 Å². The van der Waals surface area contributed by atoms with Crippen LogP contribution in [0.15, 0.2) is 30.3 Å². The van der Waals surface area contributed by atoms with Gasteiger partial charge in [-0.1, -0.05) is 128 Å². The average molecular weight is 646 g/mol. The molecule has 0 spiro atoms. The van der Waals surface area contributed by atoms with E-state index in [9.17, 15) is 14.4 Å². The fourth-order valence-electron chi connectivity index (χ4n) is 5.61.